The SMILES string of the molecule is O=Cc1ccc(-c2ccccc2C2OCCO2)cc1. The fourth-order valence-electron chi connectivity index (χ4n) is 2.24. The lowest BCUT2D eigenvalue weighted by atomic mass is 9.98. The minimum atomic E-state index is -0.290. The van der Waals surface area contributed by atoms with Crippen LogP contribution in [0.5, 0.6) is 0 Å². The molecule has 0 N–H and O–H groups in total. The highest BCUT2D eigenvalue weighted by Gasteiger charge is 2.21. The molecule has 2 aromatic carbocycles. The zero-order chi connectivity index (χ0) is 13.1. The number of hydrogen-bond donors (Lipinski definition) is 0. The standard InChI is InChI=1S/C16H14O3/c17-11-12-5-7-13(8-6-12)14-3-1-2-4-15(14)16-18-9-10-19-16/h1-8,11,16H,9-10H2. The molecule has 19 heavy (non-hydrogen) atoms. The first-order valence-electron chi connectivity index (χ1n) is 6.26. The van der Waals surface area contributed by atoms with Crippen molar-refractivity contribution in [3.8, 4) is 11.1 Å². The van der Waals surface area contributed by atoms with Crippen LogP contribution in [-0.4, -0.2) is 19.5 Å². The van der Waals surface area contributed by atoms with Crippen molar-refractivity contribution >= 4 is 6.29 Å². The van der Waals surface area contributed by atoms with Gasteiger partial charge in [-0.05, 0) is 11.1 Å². The molecule has 3 rings (SSSR count). The Hall–Kier alpha value is -1.97. The van der Waals surface area contributed by atoms with Gasteiger partial charge in [0.1, 0.15) is 6.29 Å². The van der Waals surface area contributed by atoms with Crippen LogP contribution in [0, 0.1) is 0 Å². The molecule has 0 spiro atoms. The zero-order valence-corrected chi connectivity index (χ0v) is 10.4. The molecule has 0 aromatic heterocycles. The van der Waals surface area contributed by atoms with E-state index in [-0.39, 0.29) is 6.29 Å². The average molecular weight is 254 g/mol. The number of carbonyl (C=O) groups excluding carboxylic acids is 1. The largest absolute Gasteiger partial charge is 0.346 e. The van der Waals surface area contributed by atoms with Gasteiger partial charge in [0.05, 0.1) is 13.2 Å². The molecule has 0 atom stereocenters. The molecule has 0 unspecified atom stereocenters. The van der Waals surface area contributed by atoms with Crippen molar-refractivity contribution in [2.45, 2.75) is 6.29 Å². The molecule has 3 nitrogen and oxygen atoms in total. The lowest BCUT2D eigenvalue weighted by molar-refractivity contribution is -0.0436. The summed E-state index contributed by atoms with van der Waals surface area (Å²) in [5, 5.41) is 0. The van der Waals surface area contributed by atoms with Crippen LogP contribution < -0.4 is 0 Å². The van der Waals surface area contributed by atoms with E-state index >= 15 is 0 Å². The predicted molar refractivity (Wildman–Crippen MR) is 71.9 cm³/mol. The van der Waals surface area contributed by atoms with Crippen molar-refractivity contribution in [1.29, 1.82) is 0 Å². The van der Waals surface area contributed by atoms with E-state index in [1.807, 2.05) is 48.5 Å². The summed E-state index contributed by atoms with van der Waals surface area (Å²) >= 11 is 0. The van der Waals surface area contributed by atoms with E-state index in [2.05, 4.69) is 0 Å². The maximum Gasteiger partial charge on any atom is 0.184 e. The van der Waals surface area contributed by atoms with Crippen molar-refractivity contribution in [1.82, 2.24) is 0 Å². The molecule has 0 radical (unpaired) electrons. The van der Waals surface area contributed by atoms with Crippen LogP contribution in [-0.2, 0) is 9.47 Å². The van der Waals surface area contributed by atoms with Crippen LogP contribution in [0.4, 0.5) is 0 Å². The number of rotatable bonds is 3. The fourth-order valence-corrected chi connectivity index (χ4v) is 2.24. The Morgan fingerprint density at radius 3 is 2.32 bits per heavy atom. The van der Waals surface area contributed by atoms with Crippen molar-refractivity contribution < 1.29 is 14.3 Å². The first-order valence-corrected chi connectivity index (χ1v) is 6.26. The first kappa shape index (κ1) is 12.1. The summed E-state index contributed by atoms with van der Waals surface area (Å²) in [7, 11) is 0. The molecule has 3 heteroatoms. The van der Waals surface area contributed by atoms with Crippen LogP contribution in [0.1, 0.15) is 22.2 Å². The van der Waals surface area contributed by atoms with E-state index in [4.69, 9.17) is 9.47 Å². The van der Waals surface area contributed by atoms with E-state index < -0.39 is 0 Å². The molecule has 1 fully saturated rings. The van der Waals surface area contributed by atoms with E-state index in [1.54, 1.807) is 0 Å². The summed E-state index contributed by atoms with van der Waals surface area (Å²) in [4.78, 5) is 10.7. The maximum absolute atomic E-state index is 10.7. The molecule has 0 bridgehead atoms. The van der Waals surface area contributed by atoms with Crippen LogP contribution in [0.15, 0.2) is 48.5 Å². The van der Waals surface area contributed by atoms with Crippen molar-refractivity contribution in [3.05, 3.63) is 59.7 Å². The summed E-state index contributed by atoms with van der Waals surface area (Å²) in [5.74, 6) is 0. The minimum absolute atomic E-state index is 0.290. The molecule has 0 saturated carbocycles. The topological polar surface area (TPSA) is 35.5 Å². The van der Waals surface area contributed by atoms with Gasteiger partial charge in [0, 0.05) is 11.1 Å². The number of benzene rings is 2. The zero-order valence-electron chi connectivity index (χ0n) is 10.4. The summed E-state index contributed by atoms with van der Waals surface area (Å²) < 4.78 is 11.1. The summed E-state index contributed by atoms with van der Waals surface area (Å²) in [6.07, 6.45) is 0.556. The summed E-state index contributed by atoms with van der Waals surface area (Å²) in [6.45, 7) is 1.26. The second kappa shape index (κ2) is 5.34. The Balaban J connectivity index is 2.00. The van der Waals surface area contributed by atoms with Gasteiger partial charge in [-0.15, -0.1) is 0 Å². The van der Waals surface area contributed by atoms with Gasteiger partial charge >= 0.3 is 0 Å². The lowest BCUT2D eigenvalue weighted by Gasteiger charge is -2.14. The number of aldehydes is 1. The van der Waals surface area contributed by atoms with E-state index in [0.717, 1.165) is 23.0 Å². The molecule has 0 amide bonds. The third-order valence-electron chi connectivity index (χ3n) is 3.19. The predicted octanol–water partition coefficient (Wildman–Crippen LogP) is 3.21. The van der Waals surface area contributed by atoms with E-state index in [9.17, 15) is 4.79 Å². The Morgan fingerprint density at radius 2 is 1.63 bits per heavy atom. The number of ether oxygens (including phenoxy) is 2. The van der Waals surface area contributed by atoms with Crippen LogP contribution in [0.3, 0.4) is 0 Å². The molecule has 1 heterocycles. The monoisotopic (exact) mass is 254 g/mol. The summed E-state index contributed by atoms with van der Waals surface area (Å²) in [5.41, 5.74) is 3.83. The van der Waals surface area contributed by atoms with Gasteiger partial charge < -0.3 is 9.47 Å². The van der Waals surface area contributed by atoms with Gasteiger partial charge in [-0.1, -0.05) is 48.5 Å². The molecule has 0 aliphatic carbocycles. The third-order valence-corrected chi connectivity index (χ3v) is 3.19. The maximum atomic E-state index is 10.7. The molecule has 2 aromatic rings. The summed E-state index contributed by atoms with van der Waals surface area (Å²) in [6, 6.07) is 15.5. The second-order valence-electron chi connectivity index (χ2n) is 4.40. The average Bonchev–Trinajstić information content (AvgIpc) is 3.01. The molecular formula is C16H14O3. The van der Waals surface area contributed by atoms with E-state index in [0.29, 0.717) is 18.8 Å². The van der Waals surface area contributed by atoms with Gasteiger partial charge in [0.2, 0.25) is 0 Å². The Morgan fingerprint density at radius 1 is 0.947 bits per heavy atom. The fraction of sp³-hybridized carbons (Fsp3) is 0.188. The van der Waals surface area contributed by atoms with Gasteiger partial charge in [0.15, 0.2) is 6.29 Å². The van der Waals surface area contributed by atoms with Crippen molar-refractivity contribution in [2.24, 2.45) is 0 Å². The van der Waals surface area contributed by atoms with Crippen LogP contribution in [0.25, 0.3) is 11.1 Å². The Labute approximate surface area is 111 Å². The highest BCUT2D eigenvalue weighted by atomic mass is 16.7. The normalized spacial score (nSPS) is 15.6. The van der Waals surface area contributed by atoms with Gasteiger partial charge in [-0.25, -0.2) is 0 Å². The smallest absolute Gasteiger partial charge is 0.184 e. The third kappa shape index (κ3) is 2.43. The second-order valence-corrected chi connectivity index (χ2v) is 4.40. The number of carbonyl (C=O) groups is 1. The molecule has 96 valence electrons. The molecule has 1 aliphatic heterocycles. The van der Waals surface area contributed by atoms with Crippen LogP contribution in [0.2, 0.25) is 0 Å². The molecule has 1 aliphatic rings. The van der Waals surface area contributed by atoms with Crippen LogP contribution >= 0.6 is 0 Å². The Kier molecular flexibility index (Phi) is 3.40. The quantitative estimate of drug-likeness (QED) is 0.789. The number of hydrogen-bond acceptors (Lipinski definition) is 3. The lowest BCUT2D eigenvalue weighted by Crippen LogP contribution is -2.00. The highest BCUT2D eigenvalue weighted by molar-refractivity contribution is 5.77. The first-order chi connectivity index (χ1) is 9.38. The molecular weight excluding hydrogens is 240 g/mol. The van der Waals surface area contributed by atoms with Gasteiger partial charge in [-0.3, -0.25) is 4.79 Å². The van der Waals surface area contributed by atoms with Crippen molar-refractivity contribution in [2.75, 3.05) is 13.2 Å². The van der Waals surface area contributed by atoms with E-state index in [1.165, 1.54) is 0 Å². The highest BCUT2D eigenvalue weighted by Crippen LogP contribution is 2.32. The van der Waals surface area contributed by atoms with Gasteiger partial charge in [0.25, 0.3) is 0 Å². The Bertz CT molecular complexity index is 569. The minimum Gasteiger partial charge on any atom is -0.346 e. The van der Waals surface area contributed by atoms with Crippen molar-refractivity contribution in [3.63, 3.8) is 0 Å². The van der Waals surface area contributed by atoms with Gasteiger partial charge in [-0.2, -0.15) is 0 Å². The molecule has 1 saturated heterocycles.